The number of ether oxygens (including phenoxy) is 1. The van der Waals surface area contributed by atoms with E-state index in [4.69, 9.17) is 33.7 Å². The molecular weight excluding hydrogens is 325 g/mol. The monoisotopic (exact) mass is 343 g/mol. The third kappa shape index (κ3) is 4.36. The highest BCUT2D eigenvalue weighted by atomic mass is 35.5. The second kappa shape index (κ2) is 8.04. The maximum Gasteiger partial charge on any atom is 0.156 e. The number of thiophene rings is 1. The van der Waals surface area contributed by atoms with E-state index in [1.165, 1.54) is 4.88 Å². The maximum atomic E-state index is 6.28. The Hall–Kier alpha value is -0.740. The predicted octanol–water partition coefficient (Wildman–Crippen LogP) is 5.13. The van der Waals surface area contributed by atoms with Crippen molar-refractivity contribution in [1.29, 1.82) is 0 Å². The van der Waals surface area contributed by atoms with Gasteiger partial charge < -0.3 is 10.5 Å². The van der Waals surface area contributed by atoms with Crippen molar-refractivity contribution in [3.8, 4) is 5.75 Å². The highest BCUT2D eigenvalue weighted by Gasteiger charge is 2.15. The van der Waals surface area contributed by atoms with Crippen LogP contribution in [0.15, 0.2) is 29.6 Å². The molecule has 0 aliphatic rings. The molecule has 0 fully saturated rings. The van der Waals surface area contributed by atoms with Crippen LogP contribution in [0.3, 0.4) is 0 Å². The van der Waals surface area contributed by atoms with E-state index in [2.05, 4.69) is 11.4 Å². The molecule has 0 aliphatic heterocycles. The molecule has 0 bridgehead atoms. The van der Waals surface area contributed by atoms with Crippen molar-refractivity contribution in [3.05, 3.63) is 50.1 Å². The summed E-state index contributed by atoms with van der Waals surface area (Å²) in [5.74, 6) is 0.865. The molecule has 0 saturated heterocycles. The molecule has 1 atom stereocenters. The van der Waals surface area contributed by atoms with Crippen molar-refractivity contribution in [3.63, 3.8) is 0 Å². The number of rotatable bonds is 7. The highest BCUT2D eigenvalue weighted by Crippen LogP contribution is 2.36. The molecule has 2 rings (SSSR count). The first kappa shape index (κ1) is 16.6. The van der Waals surface area contributed by atoms with Gasteiger partial charge in [0.2, 0.25) is 0 Å². The summed E-state index contributed by atoms with van der Waals surface area (Å²) in [4.78, 5) is 1.29. The molecule has 1 aromatic heterocycles. The number of hydrogen-bond acceptors (Lipinski definition) is 3. The van der Waals surface area contributed by atoms with E-state index >= 15 is 0 Å². The van der Waals surface area contributed by atoms with Crippen LogP contribution in [0.2, 0.25) is 10.0 Å². The van der Waals surface area contributed by atoms with Gasteiger partial charge in [-0.05, 0) is 42.0 Å². The van der Waals surface area contributed by atoms with Crippen molar-refractivity contribution in [2.45, 2.75) is 25.7 Å². The van der Waals surface area contributed by atoms with Gasteiger partial charge in [-0.2, -0.15) is 0 Å². The standard InChI is InChI=1S/C16H19Cl2NOS/c1-2-5-20-16-13(17)8-11(9-14(16)18)7-12(10-19)15-4-3-6-21-15/h3-4,6,8-9,12H,2,5,7,10,19H2,1H3. The average Bonchev–Trinajstić information content (AvgIpc) is 2.98. The Labute approximate surface area is 139 Å². The van der Waals surface area contributed by atoms with Gasteiger partial charge in [-0.3, -0.25) is 0 Å². The minimum Gasteiger partial charge on any atom is -0.490 e. The predicted molar refractivity (Wildman–Crippen MR) is 92.1 cm³/mol. The fourth-order valence-electron chi connectivity index (χ4n) is 2.18. The van der Waals surface area contributed by atoms with E-state index in [1.54, 1.807) is 11.3 Å². The molecule has 21 heavy (non-hydrogen) atoms. The Morgan fingerprint density at radius 2 is 2.00 bits per heavy atom. The largest absolute Gasteiger partial charge is 0.490 e. The second-order valence-electron chi connectivity index (χ2n) is 4.89. The zero-order chi connectivity index (χ0) is 15.2. The third-order valence-electron chi connectivity index (χ3n) is 3.22. The first-order valence-corrected chi connectivity index (χ1v) is 8.63. The van der Waals surface area contributed by atoms with E-state index in [1.807, 2.05) is 25.1 Å². The van der Waals surface area contributed by atoms with Crippen molar-refractivity contribution in [2.24, 2.45) is 5.73 Å². The average molecular weight is 344 g/mol. The van der Waals surface area contributed by atoms with E-state index in [-0.39, 0.29) is 0 Å². The second-order valence-corrected chi connectivity index (χ2v) is 6.68. The van der Waals surface area contributed by atoms with E-state index in [0.29, 0.717) is 34.9 Å². The van der Waals surface area contributed by atoms with Crippen molar-refractivity contribution in [2.75, 3.05) is 13.2 Å². The van der Waals surface area contributed by atoms with Crippen LogP contribution in [0, 0.1) is 0 Å². The van der Waals surface area contributed by atoms with E-state index in [9.17, 15) is 0 Å². The molecule has 2 N–H and O–H groups in total. The first-order chi connectivity index (χ1) is 10.2. The summed E-state index contributed by atoms with van der Waals surface area (Å²) in [6, 6.07) is 8.01. The molecule has 0 saturated carbocycles. The van der Waals surface area contributed by atoms with E-state index < -0.39 is 0 Å². The van der Waals surface area contributed by atoms with Gasteiger partial charge in [-0.15, -0.1) is 11.3 Å². The van der Waals surface area contributed by atoms with Crippen molar-refractivity contribution in [1.82, 2.24) is 0 Å². The van der Waals surface area contributed by atoms with Crippen LogP contribution in [0.1, 0.15) is 29.7 Å². The summed E-state index contributed by atoms with van der Waals surface area (Å²) in [7, 11) is 0. The third-order valence-corrected chi connectivity index (χ3v) is 4.82. The minimum atomic E-state index is 0.291. The molecular formula is C16H19Cl2NOS. The molecule has 114 valence electrons. The van der Waals surface area contributed by atoms with E-state index in [0.717, 1.165) is 18.4 Å². The number of benzene rings is 1. The fourth-order valence-corrected chi connectivity index (χ4v) is 3.67. The summed E-state index contributed by atoms with van der Waals surface area (Å²) < 4.78 is 5.59. The van der Waals surface area contributed by atoms with Gasteiger partial charge in [0.1, 0.15) is 0 Å². The topological polar surface area (TPSA) is 35.2 Å². The lowest BCUT2D eigenvalue weighted by molar-refractivity contribution is 0.317. The number of halogens is 2. The van der Waals surface area contributed by atoms with Gasteiger partial charge in [0, 0.05) is 17.3 Å². The van der Waals surface area contributed by atoms with Gasteiger partial charge in [0.15, 0.2) is 5.75 Å². The lowest BCUT2D eigenvalue weighted by Crippen LogP contribution is -2.14. The summed E-state index contributed by atoms with van der Waals surface area (Å²) in [6.45, 7) is 3.26. The fraction of sp³-hybridized carbons (Fsp3) is 0.375. The molecule has 1 unspecified atom stereocenters. The molecule has 1 heterocycles. The lowest BCUT2D eigenvalue weighted by Gasteiger charge is -2.15. The Morgan fingerprint density at radius 3 is 2.52 bits per heavy atom. The number of nitrogens with two attached hydrogens (primary N) is 1. The number of hydrogen-bond donors (Lipinski definition) is 1. The highest BCUT2D eigenvalue weighted by molar-refractivity contribution is 7.10. The molecule has 0 spiro atoms. The van der Waals surface area contributed by atoms with Gasteiger partial charge in [0.05, 0.1) is 16.7 Å². The van der Waals surface area contributed by atoms with Crippen LogP contribution in [-0.4, -0.2) is 13.2 Å². The van der Waals surface area contributed by atoms with Crippen molar-refractivity contribution >= 4 is 34.5 Å². The molecule has 2 nitrogen and oxygen atoms in total. The quantitative estimate of drug-likeness (QED) is 0.756. The summed E-state index contributed by atoms with van der Waals surface area (Å²) >= 11 is 14.3. The van der Waals surface area contributed by atoms with Crippen LogP contribution in [-0.2, 0) is 6.42 Å². The normalized spacial score (nSPS) is 12.4. The maximum absolute atomic E-state index is 6.28. The summed E-state index contributed by atoms with van der Waals surface area (Å²) in [5.41, 5.74) is 6.98. The van der Waals surface area contributed by atoms with Crippen LogP contribution in [0.25, 0.3) is 0 Å². The Bertz CT molecular complexity index is 549. The van der Waals surface area contributed by atoms with Crippen LogP contribution in [0.4, 0.5) is 0 Å². The smallest absolute Gasteiger partial charge is 0.156 e. The minimum absolute atomic E-state index is 0.291. The van der Waals surface area contributed by atoms with Crippen molar-refractivity contribution < 1.29 is 4.74 Å². The Balaban J connectivity index is 2.17. The SMILES string of the molecule is CCCOc1c(Cl)cc(CC(CN)c2cccs2)cc1Cl. The molecule has 2 aromatic rings. The molecule has 0 aliphatic carbocycles. The summed E-state index contributed by atoms with van der Waals surface area (Å²) in [6.07, 6.45) is 1.74. The molecule has 5 heteroatoms. The Kier molecular flexibility index (Phi) is 6.37. The molecule has 0 radical (unpaired) electrons. The summed E-state index contributed by atoms with van der Waals surface area (Å²) in [5, 5.41) is 3.19. The van der Waals surface area contributed by atoms with Crippen LogP contribution >= 0.6 is 34.5 Å². The molecule has 1 aromatic carbocycles. The van der Waals surface area contributed by atoms with Gasteiger partial charge in [-0.25, -0.2) is 0 Å². The molecule has 0 amide bonds. The van der Waals surface area contributed by atoms with Gasteiger partial charge >= 0.3 is 0 Å². The van der Waals surface area contributed by atoms with Gasteiger partial charge in [0.25, 0.3) is 0 Å². The van der Waals surface area contributed by atoms with Gasteiger partial charge in [-0.1, -0.05) is 36.2 Å². The van der Waals surface area contributed by atoms with Crippen LogP contribution < -0.4 is 10.5 Å². The zero-order valence-corrected chi connectivity index (χ0v) is 14.3. The zero-order valence-electron chi connectivity index (χ0n) is 11.9. The lowest BCUT2D eigenvalue weighted by atomic mass is 9.98. The Morgan fingerprint density at radius 1 is 1.29 bits per heavy atom. The first-order valence-electron chi connectivity index (χ1n) is 6.99. The van der Waals surface area contributed by atoms with Crippen LogP contribution in [0.5, 0.6) is 5.75 Å².